The lowest BCUT2D eigenvalue weighted by Crippen LogP contribution is -2.04. The van der Waals surface area contributed by atoms with E-state index in [4.69, 9.17) is 4.74 Å². The van der Waals surface area contributed by atoms with E-state index in [0.29, 0.717) is 6.61 Å². The molecule has 1 rings (SSSR count). The first-order valence-electron chi connectivity index (χ1n) is 5.64. The van der Waals surface area contributed by atoms with Gasteiger partial charge in [0.15, 0.2) is 0 Å². The smallest absolute Gasteiger partial charge is 0.317 e. The van der Waals surface area contributed by atoms with Crippen molar-refractivity contribution in [3.05, 3.63) is 35.4 Å². The SMILES string of the molecule is CCOC(=O)CC#Cc1cccc(CNC)c1. The van der Waals surface area contributed by atoms with Gasteiger partial charge in [-0.05, 0) is 31.7 Å². The van der Waals surface area contributed by atoms with Crippen molar-refractivity contribution in [1.82, 2.24) is 5.32 Å². The van der Waals surface area contributed by atoms with Crippen LogP contribution >= 0.6 is 0 Å². The van der Waals surface area contributed by atoms with Gasteiger partial charge in [-0.1, -0.05) is 24.0 Å². The fourth-order valence-corrected chi connectivity index (χ4v) is 1.39. The Morgan fingerprint density at radius 1 is 1.47 bits per heavy atom. The van der Waals surface area contributed by atoms with Gasteiger partial charge in [0.1, 0.15) is 6.42 Å². The number of carbonyl (C=O) groups is 1. The average molecular weight is 231 g/mol. The van der Waals surface area contributed by atoms with Gasteiger partial charge in [-0.15, -0.1) is 0 Å². The summed E-state index contributed by atoms with van der Waals surface area (Å²) in [6, 6.07) is 7.93. The van der Waals surface area contributed by atoms with E-state index in [9.17, 15) is 4.79 Å². The topological polar surface area (TPSA) is 38.3 Å². The summed E-state index contributed by atoms with van der Waals surface area (Å²) in [6.07, 6.45) is 0.143. The van der Waals surface area contributed by atoms with Crippen LogP contribution in [0, 0.1) is 11.8 Å². The average Bonchev–Trinajstić information content (AvgIpc) is 2.30. The van der Waals surface area contributed by atoms with E-state index in [1.807, 2.05) is 31.3 Å². The molecule has 1 N–H and O–H groups in total. The van der Waals surface area contributed by atoms with Crippen LogP contribution < -0.4 is 5.32 Å². The highest BCUT2D eigenvalue weighted by Gasteiger charge is 1.96. The largest absolute Gasteiger partial charge is 0.465 e. The molecule has 0 bridgehead atoms. The van der Waals surface area contributed by atoms with E-state index in [1.54, 1.807) is 6.92 Å². The number of hydrogen-bond donors (Lipinski definition) is 1. The summed E-state index contributed by atoms with van der Waals surface area (Å²) in [5.74, 6) is 5.49. The predicted octanol–water partition coefficient (Wildman–Crippen LogP) is 1.71. The first kappa shape index (κ1) is 13.3. The van der Waals surface area contributed by atoms with Gasteiger partial charge in [0, 0.05) is 12.1 Å². The second-order valence-corrected chi connectivity index (χ2v) is 3.51. The van der Waals surface area contributed by atoms with Crippen LogP contribution in [0.5, 0.6) is 0 Å². The quantitative estimate of drug-likeness (QED) is 0.633. The molecule has 0 atom stereocenters. The zero-order chi connectivity index (χ0) is 12.5. The number of carbonyl (C=O) groups excluding carboxylic acids is 1. The summed E-state index contributed by atoms with van der Waals surface area (Å²) >= 11 is 0. The molecule has 0 heterocycles. The minimum absolute atomic E-state index is 0.143. The molecular formula is C14H17NO2. The van der Waals surface area contributed by atoms with E-state index in [2.05, 4.69) is 17.2 Å². The van der Waals surface area contributed by atoms with E-state index in [0.717, 1.165) is 12.1 Å². The third kappa shape index (κ3) is 5.19. The summed E-state index contributed by atoms with van der Waals surface area (Å²) in [7, 11) is 1.90. The summed E-state index contributed by atoms with van der Waals surface area (Å²) in [5, 5.41) is 3.08. The lowest BCUT2D eigenvalue weighted by molar-refractivity contribution is -0.141. The van der Waals surface area contributed by atoms with Gasteiger partial charge in [-0.3, -0.25) is 4.79 Å². The Labute approximate surface area is 102 Å². The standard InChI is InChI=1S/C14H17NO2/c1-3-17-14(16)9-5-7-12-6-4-8-13(10-12)11-15-2/h4,6,8,10,15H,3,9,11H2,1-2H3. The lowest BCUT2D eigenvalue weighted by atomic mass is 10.1. The van der Waals surface area contributed by atoms with Crippen LogP contribution in [0.25, 0.3) is 0 Å². The van der Waals surface area contributed by atoms with Gasteiger partial charge < -0.3 is 10.1 Å². The molecule has 1 aromatic carbocycles. The van der Waals surface area contributed by atoms with Crippen LogP contribution in [-0.4, -0.2) is 19.6 Å². The van der Waals surface area contributed by atoms with Crippen molar-refractivity contribution in [2.75, 3.05) is 13.7 Å². The molecule has 1 aromatic rings. The Hall–Kier alpha value is -1.79. The molecule has 0 saturated heterocycles. The van der Waals surface area contributed by atoms with E-state index in [-0.39, 0.29) is 12.4 Å². The van der Waals surface area contributed by atoms with Crippen LogP contribution in [-0.2, 0) is 16.1 Å². The number of rotatable bonds is 4. The molecule has 3 nitrogen and oxygen atoms in total. The molecule has 0 aliphatic rings. The monoisotopic (exact) mass is 231 g/mol. The molecule has 0 spiro atoms. The summed E-state index contributed by atoms with van der Waals surface area (Å²) in [6.45, 7) is 3.00. The minimum Gasteiger partial charge on any atom is -0.465 e. The highest BCUT2D eigenvalue weighted by molar-refractivity contribution is 5.72. The summed E-state index contributed by atoms with van der Waals surface area (Å²) in [4.78, 5) is 11.1. The van der Waals surface area contributed by atoms with Crippen molar-refractivity contribution in [2.24, 2.45) is 0 Å². The molecule has 0 aliphatic carbocycles. The number of esters is 1. The maximum Gasteiger partial charge on any atom is 0.317 e. The maximum absolute atomic E-state index is 11.1. The normalized spacial score (nSPS) is 9.29. The Kier molecular flexibility index (Phi) is 5.84. The van der Waals surface area contributed by atoms with Crippen molar-refractivity contribution < 1.29 is 9.53 Å². The van der Waals surface area contributed by atoms with Crippen molar-refractivity contribution in [3.63, 3.8) is 0 Å². The van der Waals surface area contributed by atoms with Crippen molar-refractivity contribution in [2.45, 2.75) is 19.9 Å². The number of benzene rings is 1. The predicted molar refractivity (Wildman–Crippen MR) is 67.3 cm³/mol. The number of ether oxygens (including phenoxy) is 1. The zero-order valence-electron chi connectivity index (χ0n) is 10.2. The summed E-state index contributed by atoms with van der Waals surface area (Å²) < 4.78 is 4.79. The van der Waals surface area contributed by atoms with Crippen LogP contribution in [0.4, 0.5) is 0 Å². The molecular weight excluding hydrogens is 214 g/mol. The van der Waals surface area contributed by atoms with Crippen LogP contribution in [0.2, 0.25) is 0 Å². The third-order valence-corrected chi connectivity index (χ3v) is 2.08. The molecule has 17 heavy (non-hydrogen) atoms. The Morgan fingerprint density at radius 2 is 2.29 bits per heavy atom. The Morgan fingerprint density at radius 3 is 3.00 bits per heavy atom. The van der Waals surface area contributed by atoms with E-state index < -0.39 is 0 Å². The Bertz CT molecular complexity index is 429. The number of nitrogens with one attached hydrogen (secondary N) is 1. The lowest BCUT2D eigenvalue weighted by Gasteiger charge is -1.99. The van der Waals surface area contributed by atoms with Crippen molar-refractivity contribution in [1.29, 1.82) is 0 Å². The van der Waals surface area contributed by atoms with Gasteiger partial charge in [-0.2, -0.15) is 0 Å². The Balaban J connectivity index is 2.59. The first-order valence-corrected chi connectivity index (χ1v) is 5.64. The second-order valence-electron chi connectivity index (χ2n) is 3.51. The van der Waals surface area contributed by atoms with Gasteiger partial charge in [0.25, 0.3) is 0 Å². The molecule has 0 amide bonds. The molecule has 0 aromatic heterocycles. The second kappa shape index (κ2) is 7.48. The molecule has 0 aliphatic heterocycles. The fourth-order valence-electron chi connectivity index (χ4n) is 1.39. The number of hydrogen-bond acceptors (Lipinski definition) is 3. The molecule has 0 saturated carbocycles. The van der Waals surface area contributed by atoms with Crippen LogP contribution in [0.3, 0.4) is 0 Å². The van der Waals surface area contributed by atoms with Gasteiger partial charge in [0.2, 0.25) is 0 Å². The van der Waals surface area contributed by atoms with Gasteiger partial charge in [-0.25, -0.2) is 0 Å². The van der Waals surface area contributed by atoms with Crippen molar-refractivity contribution in [3.8, 4) is 11.8 Å². The zero-order valence-corrected chi connectivity index (χ0v) is 10.2. The van der Waals surface area contributed by atoms with Crippen molar-refractivity contribution >= 4 is 5.97 Å². The highest BCUT2D eigenvalue weighted by atomic mass is 16.5. The molecule has 0 radical (unpaired) electrons. The maximum atomic E-state index is 11.1. The minimum atomic E-state index is -0.272. The molecule has 90 valence electrons. The van der Waals surface area contributed by atoms with E-state index >= 15 is 0 Å². The summed E-state index contributed by atoms with van der Waals surface area (Å²) in [5.41, 5.74) is 2.09. The molecule has 3 heteroatoms. The van der Waals surface area contributed by atoms with Crippen LogP contribution in [0.15, 0.2) is 24.3 Å². The van der Waals surface area contributed by atoms with Gasteiger partial charge >= 0.3 is 5.97 Å². The molecule has 0 unspecified atom stereocenters. The van der Waals surface area contributed by atoms with Gasteiger partial charge in [0.05, 0.1) is 6.61 Å². The highest BCUT2D eigenvalue weighted by Crippen LogP contribution is 2.03. The van der Waals surface area contributed by atoms with Crippen LogP contribution in [0.1, 0.15) is 24.5 Å². The first-order chi connectivity index (χ1) is 8.26. The fraction of sp³-hybridized carbons (Fsp3) is 0.357. The third-order valence-electron chi connectivity index (χ3n) is 2.08. The molecule has 0 fully saturated rings. The van der Waals surface area contributed by atoms with E-state index in [1.165, 1.54) is 5.56 Å².